The number of alkyl carbamates (subject to hydrolysis) is 1. The number of carbonyl (C=O) groups excluding carboxylic acids is 1. The lowest BCUT2D eigenvalue weighted by molar-refractivity contribution is 0.148. The minimum Gasteiger partial charge on any atom is -0.450 e. The summed E-state index contributed by atoms with van der Waals surface area (Å²) in [6, 6.07) is 15.4. The van der Waals surface area contributed by atoms with E-state index in [0.717, 1.165) is 11.3 Å². The van der Waals surface area contributed by atoms with Crippen LogP contribution in [-0.4, -0.2) is 17.7 Å². The quantitative estimate of drug-likeness (QED) is 0.908. The van der Waals surface area contributed by atoms with Crippen molar-refractivity contribution in [2.24, 2.45) is 0 Å². The van der Waals surface area contributed by atoms with Crippen molar-refractivity contribution < 1.29 is 9.53 Å². The first-order chi connectivity index (χ1) is 9.79. The van der Waals surface area contributed by atoms with Crippen LogP contribution in [0.4, 0.5) is 4.79 Å². The second-order valence-electron chi connectivity index (χ2n) is 4.35. The van der Waals surface area contributed by atoms with E-state index in [1.165, 1.54) is 0 Å². The van der Waals surface area contributed by atoms with Crippen LogP contribution in [0.3, 0.4) is 0 Å². The van der Waals surface area contributed by atoms with Crippen LogP contribution in [0, 0.1) is 0 Å². The fraction of sp³-hybridized carbons (Fsp3) is 0.250. The second-order valence-corrected chi connectivity index (χ2v) is 4.35. The van der Waals surface area contributed by atoms with E-state index in [-0.39, 0.29) is 6.04 Å². The standard InChI is InChI=1S/C16H18N2O2/c1-2-20-16(19)18-15(13-8-4-3-5-9-13)12-14-10-6-7-11-17-14/h3-11,15H,2,12H2,1H3,(H,18,19). The monoisotopic (exact) mass is 270 g/mol. The summed E-state index contributed by atoms with van der Waals surface area (Å²) in [6.07, 6.45) is 1.98. The first kappa shape index (κ1) is 14.1. The van der Waals surface area contributed by atoms with Gasteiger partial charge in [0, 0.05) is 18.3 Å². The van der Waals surface area contributed by atoms with Crippen LogP contribution < -0.4 is 5.32 Å². The molecule has 1 aromatic heterocycles. The van der Waals surface area contributed by atoms with Gasteiger partial charge in [-0.05, 0) is 24.6 Å². The lowest BCUT2D eigenvalue weighted by atomic mass is 10.0. The largest absolute Gasteiger partial charge is 0.450 e. The molecule has 4 heteroatoms. The summed E-state index contributed by atoms with van der Waals surface area (Å²) in [5.41, 5.74) is 1.96. The zero-order valence-corrected chi connectivity index (χ0v) is 11.5. The molecular formula is C16H18N2O2. The lowest BCUT2D eigenvalue weighted by Crippen LogP contribution is -2.30. The van der Waals surface area contributed by atoms with Crippen LogP contribution >= 0.6 is 0 Å². The van der Waals surface area contributed by atoms with Gasteiger partial charge in [-0.1, -0.05) is 36.4 Å². The van der Waals surface area contributed by atoms with Crippen molar-refractivity contribution >= 4 is 6.09 Å². The Labute approximate surface area is 118 Å². The van der Waals surface area contributed by atoms with Crippen LogP contribution in [0.1, 0.15) is 24.2 Å². The number of amides is 1. The van der Waals surface area contributed by atoms with Crippen LogP contribution in [0.15, 0.2) is 54.7 Å². The molecule has 0 saturated carbocycles. The van der Waals surface area contributed by atoms with Crippen LogP contribution in [0.25, 0.3) is 0 Å². The van der Waals surface area contributed by atoms with Gasteiger partial charge in [-0.15, -0.1) is 0 Å². The Morgan fingerprint density at radius 1 is 1.20 bits per heavy atom. The number of hydrogen-bond acceptors (Lipinski definition) is 3. The van der Waals surface area contributed by atoms with Crippen LogP contribution in [0.5, 0.6) is 0 Å². The number of aromatic nitrogens is 1. The van der Waals surface area contributed by atoms with Crippen molar-refractivity contribution in [3.05, 3.63) is 66.0 Å². The Kier molecular flexibility index (Phi) is 5.12. The molecule has 0 aliphatic carbocycles. The molecule has 2 aromatic rings. The lowest BCUT2D eigenvalue weighted by Gasteiger charge is -2.18. The zero-order chi connectivity index (χ0) is 14.2. The average Bonchev–Trinajstić information content (AvgIpc) is 2.49. The van der Waals surface area contributed by atoms with Crippen molar-refractivity contribution in [1.29, 1.82) is 0 Å². The molecule has 104 valence electrons. The number of pyridine rings is 1. The maximum Gasteiger partial charge on any atom is 0.407 e. The van der Waals surface area contributed by atoms with E-state index in [1.807, 2.05) is 48.5 Å². The topological polar surface area (TPSA) is 51.2 Å². The summed E-state index contributed by atoms with van der Waals surface area (Å²) in [5, 5.41) is 2.88. The van der Waals surface area contributed by atoms with Gasteiger partial charge in [-0.2, -0.15) is 0 Å². The van der Waals surface area contributed by atoms with E-state index in [4.69, 9.17) is 4.74 Å². The highest BCUT2D eigenvalue weighted by molar-refractivity contribution is 5.67. The van der Waals surface area contributed by atoms with E-state index in [0.29, 0.717) is 13.0 Å². The van der Waals surface area contributed by atoms with Gasteiger partial charge in [0.25, 0.3) is 0 Å². The van der Waals surface area contributed by atoms with Crippen molar-refractivity contribution in [1.82, 2.24) is 10.3 Å². The minimum atomic E-state index is -0.405. The molecule has 1 heterocycles. The second kappa shape index (κ2) is 7.28. The summed E-state index contributed by atoms with van der Waals surface area (Å²) >= 11 is 0. The summed E-state index contributed by atoms with van der Waals surface area (Å²) < 4.78 is 4.96. The third-order valence-corrected chi connectivity index (χ3v) is 2.91. The molecule has 0 fully saturated rings. The molecule has 0 spiro atoms. The van der Waals surface area contributed by atoms with E-state index in [1.54, 1.807) is 13.1 Å². The third kappa shape index (κ3) is 4.09. The predicted molar refractivity (Wildman–Crippen MR) is 77.3 cm³/mol. The van der Waals surface area contributed by atoms with Gasteiger partial charge in [0.05, 0.1) is 12.6 Å². The van der Waals surface area contributed by atoms with Gasteiger partial charge in [0.15, 0.2) is 0 Å². The fourth-order valence-electron chi connectivity index (χ4n) is 1.98. The van der Waals surface area contributed by atoms with E-state index < -0.39 is 6.09 Å². The molecule has 1 unspecified atom stereocenters. The average molecular weight is 270 g/mol. The molecule has 0 radical (unpaired) electrons. The highest BCUT2D eigenvalue weighted by Gasteiger charge is 2.16. The van der Waals surface area contributed by atoms with Gasteiger partial charge in [-0.25, -0.2) is 4.79 Å². The maximum absolute atomic E-state index is 11.7. The van der Waals surface area contributed by atoms with Gasteiger partial charge < -0.3 is 10.1 Å². The van der Waals surface area contributed by atoms with Gasteiger partial charge >= 0.3 is 6.09 Å². The van der Waals surface area contributed by atoms with Crippen LogP contribution in [-0.2, 0) is 11.2 Å². The van der Waals surface area contributed by atoms with Crippen molar-refractivity contribution in [2.75, 3.05) is 6.61 Å². The number of rotatable bonds is 5. The molecular weight excluding hydrogens is 252 g/mol. The molecule has 0 aliphatic heterocycles. The van der Waals surface area contributed by atoms with Crippen molar-refractivity contribution in [3.63, 3.8) is 0 Å². The first-order valence-electron chi connectivity index (χ1n) is 6.67. The van der Waals surface area contributed by atoms with Crippen molar-refractivity contribution in [2.45, 2.75) is 19.4 Å². The van der Waals surface area contributed by atoms with Crippen molar-refractivity contribution in [3.8, 4) is 0 Å². The Balaban J connectivity index is 2.14. The maximum atomic E-state index is 11.7. The summed E-state index contributed by atoms with van der Waals surface area (Å²) in [5.74, 6) is 0. The predicted octanol–water partition coefficient (Wildman–Crippen LogP) is 3.11. The van der Waals surface area contributed by atoms with Gasteiger partial charge in [0.1, 0.15) is 0 Å². The number of carbonyl (C=O) groups is 1. The summed E-state index contributed by atoms with van der Waals surface area (Å²) in [6.45, 7) is 2.15. The molecule has 2 rings (SSSR count). The number of hydrogen-bond donors (Lipinski definition) is 1. The molecule has 0 bridgehead atoms. The Morgan fingerprint density at radius 3 is 2.60 bits per heavy atom. The summed E-state index contributed by atoms with van der Waals surface area (Å²) in [4.78, 5) is 16.0. The third-order valence-electron chi connectivity index (χ3n) is 2.91. The van der Waals surface area contributed by atoms with E-state index in [2.05, 4.69) is 10.3 Å². The number of benzene rings is 1. The molecule has 0 aliphatic rings. The van der Waals surface area contributed by atoms with Crippen LogP contribution in [0.2, 0.25) is 0 Å². The van der Waals surface area contributed by atoms with E-state index in [9.17, 15) is 4.79 Å². The Hall–Kier alpha value is -2.36. The van der Waals surface area contributed by atoms with E-state index >= 15 is 0 Å². The zero-order valence-electron chi connectivity index (χ0n) is 11.5. The molecule has 1 N–H and O–H groups in total. The minimum absolute atomic E-state index is 0.148. The summed E-state index contributed by atoms with van der Waals surface area (Å²) in [7, 11) is 0. The molecule has 1 amide bonds. The number of nitrogens with one attached hydrogen (secondary N) is 1. The molecule has 1 atom stereocenters. The Morgan fingerprint density at radius 2 is 1.95 bits per heavy atom. The number of ether oxygens (including phenoxy) is 1. The molecule has 1 aromatic carbocycles. The molecule has 4 nitrogen and oxygen atoms in total. The smallest absolute Gasteiger partial charge is 0.407 e. The van der Waals surface area contributed by atoms with Gasteiger partial charge in [0.2, 0.25) is 0 Å². The van der Waals surface area contributed by atoms with Gasteiger partial charge in [-0.3, -0.25) is 4.98 Å². The Bertz CT molecular complexity index is 529. The highest BCUT2D eigenvalue weighted by atomic mass is 16.5. The fourth-order valence-corrected chi connectivity index (χ4v) is 1.98. The normalized spacial score (nSPS) is 11.7. The highest BCUT2D eigenvalue weighted by Crippen LogP contribution is 2.17. The molecule has 0 saturated heterocycles. The molecule has 20 heavy (non-hydrogen) atoms. The first-order valence-corrected chi connectivity index (χ1v) is 6.67. The number of nitrogens with zero attached hydrogens (tertiary/aromatic N) is 1. The SMILES string of the molecule is CCOC(=O)NC(Cc1ccccn1)c1ccccc1.